The number of nitrogens with one attached hydrogen (secondary N) is 2. The normalized spacial score (nSPS) is 12.9. The van der Waals surface area contributed by atoms with Gasteiger partial charge < -0.3 is 15.5 Å². The molecule has 0 bridgehead atoms. The lowest BCUT2D eigenvalue weighted by atomic mass is 9.98. The summed E-state index contributed by atoms with van der Waals surface area (Å²) in [6.45, 7) is 5.47. The highest BCUT2D eigenvalue weighted by Gasteiger charge is 2.22. The zero-order valence-electron chi connectivity index (χ0n) is 18.2. The molecule has 3 aromatic carbocycles. The molecule has 1 aliphatic rings. The van der Waals surface area contributed by atoms with Crippen LogP contribution < -0.4 is 15.5 Å². The lowest BCUT2D eigenvalue weighted by Gasteiger charge is -2.32. The maximum Gasteiger partial charge on any atom is 0.255 e. The van der Waals surface area contributed by atoms with Crippen LogP contribution in [-0.2, 0) is 13.0 Å². The summed E-state index contributed by atoms with van der Waals surface area (Å²) in [7, 11) is 0. The van der Waals surface area contributed by atoms with Gasteiger partial charge in [0, 0.05) is 40.5 Å². The molecule has 5 nitrogen and oxygen atoms in total. The van der Waals surface area contributed by atoms with E-state index in [1.165, 1.54) is 11.1 Å². The Morgan fingerprint density at radius 2 is 1.66 bits per heavy atom. The summed E-state index contributed by atoms with van der Waals surface area (Å²) in [6.07, 6.45) is 0.934. The van der Waals surface area contributed by atoms with Gasteiger partial charge >= 0.3 is 0 Å². The van der Waals surface area contributed by atoms with Crippen molar-refractivity contribution in [2.24, 2.45) is 0 Å². The fraction of sp³-hybridized carbons (Fsp3) is 0.231. The highest BCUT2D eigenvalue weighted by molar-refractivity contribution is 9.10. The first-order valence-corrected chi connectivity index (χ1v) is 11.5. The lowest BCUT2D eigenvalue weighted by molar-refractivity contribution is 0.0942. The molecule has 0 aromatic heterocycles. The van der Waals surface area contributed by atoms with E-state index in [1.54, 1.807) is 18.2 Å². The van der Waals surface area contributed by atoms with Crippen LogP contribution in [0.3, 0.4) is 0 Å². The molecular weight excluding hydrogens is 466 g/mol. The predicted octanol–water partition coefficient (Wildman–Crippen LogP) is 5.40. The Morgan fingerprint density at radius 1 is 0.938 bits per heavy atom. The van der Waals surface area contributed by atoms with Crippen molar-refractivity contribution in [3.63, 3.8) is 0 Å². The Kier molecular flexibility index (Phi) is 6.61. The van der Waals surface area contributed by atoms with E-state index in [1.807, 2.05) is 38.1 Å². The highest BCUT2D eigenvalue weighted by Crippen LogP contribution is 2.30. The van der Waals surface area contributed by atoms with Gasteiger partial charge in [-0.15, -0.1) is 0 Å². The van der Waals surface area contributed by atoms with E-state index in [2.05, 4.69) is 55.7 Å². The third-order valence-electron chi connectivity index (χ3n) is 5.50. The molecule has 0 unspecified atom stereocenters. The number of carbonyl (C=O) groups is 2. The first kappa shape index (κ1) is 22.1. The first-order chi connectivity index (χ1) is 15.4. The van der Waals surface area contributed by atoms with Gasteiger partial charge in [-0.3, -0.25) is 9.59 Å². The zero-order chi connectivity index (χ0) is 22.7. The number of halogens is 1. The van der Waals surface area contributed by atoms with Crippen molar-refractivity contribution < 1.29 is 9.59 Å². The van der Waals surface area contributed by atoms with E-state index in [9.17, 15) is 9.59 Å². The fourth-order valence-corrected chi connectivity index (χ4v) is 4.18. The Morgan fingerprint density at radius 3 is 2.38 bits per heavy atom. The van der Waals surface area contributed by atoms with Gasteiger partial charge in [-0.1, -0.05) is 40.2 Å². The molecule has 0 radical (unpaired) electrons. The van der Waals surface area contributed by atoms with Crippen LogP contribution in [0.2, 0.25) is 0 Å². The molecule has 1 aliphatic heterocycles. The number of hydrogen-bond donors (Lipinski definition) is 2. The van der Waals surface area contributed by atoms with E-state index >= 15 is 0 Å². The number of fused-ring (bicyclic) bond motifs is 1. The average Bonchev–Trinajstić information content (AvgIpc) is 2.78. The quantitative estimate of drug-likeness (QED) is 0.501. The predicted molar refractivity (Wildman–Crippen MR) is 132 cm³/mol. The molecule has 2 N–H and O–H groups in total. The minimum atomic E-state index is -0.215. The molecule has 2 amide bonds. The largest absolute Gasteiger partial charge is 0.366 e. The smallest absolute Gasteiger partial charge is 0.255 e. The van der Waals surface area contributed by atoms with Gasteiger partial charge in [0.1, 0.15) is 0 Å². The van der Waals surface area contributed by atoms with E-state index in [-0.39, 0.29) is 17.9 Å². The Labute approximate surface area is 197 Å². The van der Waals surface area contributed by atoms with Crippen LogP contribution >= 0.6 is 15.9 Å². The number of rotatable bonds is 5. The molecule has 3 aromatic rings. The van der Waals surface area contributed by atoms with E-state index in [0.717, 1.165) is 29.7 Å². The minimum absolute atomic E-state index is 0.0124. The molecule has 6 heteroatoms. The lowest BCUT2D eigenvalue weighted by Crippen LogP contribution is -2.35. The maximum absolute atomic E-state index is 13.1. The number of amides is 2. The van der Waals surface area contributed by atoms with Gasteiger partial charge in [0.15, 0.2) is 0 Å². The van der Waals surface area contributed by atoms with Crippen molar-refractivity contribution in [3.8, 4) is 0 Å². The standard InChI is InChI=1S/C26H26BrN3O2/c1-17(2)28-26(32)23-15-22(29-25(31)19-7-9-21(27)10-8-19)11-12-24(23)30-14-13-18-5-3-4-6-20(18)16-30/h3-12,15,17H,13-14,16H2,1-2H3,(H,28,32)(H,29,31). The number of hydrogen-bond acceptors (Lipinski definition) is 3. The molecule has 0 spiro atoms. The molecule has 164 valence electrons. The second-order valence-corrected chi connectivity index (χ2v) is 9.18. The van der Waals surface area contributed by atoms with Crippen molar-refractivity contribution in [3.05, 3.63) is 93.5 Å². The minimum Gasteiger partial charge on any atom is -0.366 e. The topological polar surface area (TPSA) is 61.4 Å². The SMILES string of the molecule is CC(C)NC(=O)c1cc(NC(=O)c2ccc(Br)cc2)ccc1N1CCc2ccccc2C1. The van der Waals surface area contributed by atoms with Crippen LogP contribution in [0.4, 0.5) is 11.4 Å². The molecule has 32 heavy (non-hydrogen) atoms. The van der Waals surface area contributed by atoms with Crippen LogP contribution in [0.15, 0.2) is 71.2 Å². The van der Waals surface area contributed by atoms with Gasteiger partial charge in [-0.25, -0.2) is 0 Å². The van der Waals surface area contributed by atoms with Gasteiger partial charge in [0.2, 0.25) is 0 Å². The molecule has 0 aliphatic carbocycles. The molecule has 0 saturated carbocycles. The third-order valence-corrected chi connectivity index (χ3v) is 6.03. The maximum atomic E-state index is 13.1. The average molecular weight is 492 g/mol. The van der Waals surface area contributed by atoms with Crippen LogP contribution in [0, 0.1) is 0 Å². The monoisotopic (exact) mass is 491 g/mol. The van der Waals surface area contributed by atoms with Gasteiger partial charge in [0.05, 0.1) is 5.56 Å². The first-order valence-electron chi connectivity index (χ1n) is 10.7. The number of nitrogens with zero attached hydrogens (tertiary/aromatic N) is 1. The van der Waals surface area contributed by atoms with Crippen LogP contribution in [0.5, 0.6) is 0 Å². The van der Waals surface area contributed by atoms with Crippen molar-refractivity contribution in [2.45, 2.75) is 32.9 Å². The number of carbonyl (C=O) groups excluding carboxylic acids is 2. The Bertz CT molecular complexity index is 1140. The van der Waals surface area contributed by atoms with Gasteiger partial charge in [-0.2, -0.15) is 0 Å². The second-order valence-electron chi connectivity index (χ2n) is 8.26. The zero-order valence-corrected chi connectivity index (χ0v) is 19.8. The Balaban J connectivity index is 1.63. The van der Waals surface area contributed by atoms with Crippen LogP contribution in [-0.4, -0.2) is 24.4 Å². The van der Waals surface area contributed by atoms with Crippen molar-refractivity contribution in [2.75, 3.05) is 16.8 Å². The summed E-state index contributed by atoms with van der Waals surface area (Å²) < 4.78 is 0.911. The molecule has 0 atom stereocenters. The summed E-state index contributed by atoms with van der Waals surface area (Å²) in [5, 5.41) is 5.91. The molecule has 0 fully saturated rings. The highest BCUT2D eigenvalue weighted by atomic mass is 79.9. The molecule has 0 saturated heterocycles. The summed E-state index contributed by atoms with van der Waals surface area (Å²) in [5.74, 6) is -0.360. The van der Waals surface area contributed by atoms with Crippen molar-refractivity contribution in [1.82, 2.24) is 5.32 Å². The number of benzene rings is 3. The van der Waals surface area contributed by atoms with Gasteiger partial charge in [0.25, 0.3) is 11.8 Å². The molecular formula is C26H26BrN3O2. The van der Waals surface area contributed by atoms with Crippen LogP contribution in [0.1, 0.15) is 45.7 Å². The van der Waals surface area contributed by atoms with Gasteiger partial charge in [-0.05, 0) is 73.9 Å². The summed E-state index contributed by atoms with van der Waals surface area (Å²) in [6, 6.07) is 21.2. The van der Waals surface area contributed by atoms with E-state index in [0.29, 0.717) is 16.8 Å². The fourth-order valence-electron chi connectivity index (χ4n) is 3.92. The summed E-state index contributed by atoms with van der Waals surface area (Å²) in [5.41, 5.74) is 5.22. The van der Waals surface area contributed by atoms with Crippen molar-refractivity contribution in [1.29, 1.82) is 0 Å². The number of anilines is 2. The van der Waals surface area contributed by atoms with Crippen LogP contribution in [0.25, 0.3) is 0 Å². The van der Waals surface area contributed by atoms with Crippen molar-refractivity contribution >= 4 is 39.1 Å². The third kappa shape index (κ3) is 5.02. The second kappa shape index (κ2) is 9.57. The Hall–Kier alpha value is -3.12. The molecule has 4 rings (SSSR count). The summed E-state index contributed by atoms with van der Waals surface area (Å²) in [4.78, 5) is 28.0. The molecule has 1 heterocycles. The van der Waals surface area contributed by atoms with E-state index < -0.39 is 0 Å². The summed E-state index contributed by atoms with van der Waals surface area (Å²) >= 11 is 3.38. The van der Waals surface area contributed by atoms with E-state index in [4.69, 9.17) is 0 Å².